The van der Waals surface area contributed by atoms with Crippen molar-refractivity contribution in [2.75, 3.05) is 11.9 Å². The van der Waals surface area contributed by atoms with Crippen molar-refractivity contribution in [3.05, 3.63) is 65.2 Å². The number of carbonyl (C=O) groups excluding carboxylic acids is 1. The van der Waals surface area contributed by atoms with Gasteiger partial charge in [-0.1, -0.05) is 32.0 Å². The van der Waals surface area contributed by atoms with Gasteiger partial charge in [0.05, 0.1) is 6.10 Å². The summed E-state index contributed by atoms with van der Waals surface area (Å²) in [7, 11) is 0. The van der Waals surface area contributed by atoms with Crippen molar-refractivity contribution < 1.29 is 18.7 Å². The SMILES string of the molecule is CC(C)c1ccc(NC(=O)NC[C@H](O)c2ccc(F)c(F)c2)cc1. The maximum absolute atomic E-state index is 13.1. The Balaban J connectivity index is 1.87. The van der Waals surface area contributed by atoms with Crippen molar-refractivity contribution in [1.82, 2.24) is 5.32 Å². The van der Waals surface area contributed by atoms with Crippen molar-refractivity contribution in [2.24, 2.45) is 0 Å². The highest BCUT2D eigenvalue weighted by atomic mass is 19.2. The van der Waals surface area contributed by atoms with E-state index in [2.05, 4.69) is 24.5 Å². The van der Waals surface area contributed by atoms with E-state index in [9.17, 15) is 18.7 Å². The van der Waals surface area contributed by atoms with E-state index in [1.807, 2.05) is 12.1 Å². The molecule has 3 N–H and O–H groups in total. The molecule has 0 unspecified atom stereocenters. The topological polar surface area (TPSA) is 61.4 Å². The van der Waals surface area contributed by atoms with E-state index in [-0.39, 0.29) is 12.1 Å². The molecule has 24 heavy (non-hydrogen) atoms. The van der Waals surface area contributed by atoms with Gasteiger partial charge in [-0.25, -0.2) is 13.6 Å². The third-order valence-electron chi connectivity index (χ3n) is 3.62. The molecule has 2 amide bonds. The Kier molecular flexibility index (Phi) is 5.87. The first-order valence-corrected chi connectivity index (χ1v) is 7.64. The van der Waals surface area contributed by atoms with E-state index in [0.717, 1.165) is 17.7 Å². The Hall–Kier alpha value is -2.47. The van der Waals surface area contributed by atoms with E-state index in [4.69, 9.17) is 0 Å². The molecule has 0 heterocycles. The number of nitrogens with one attached hydrogen (secondary N) is 2. The van der Waals surface area contributed by atoms with Crippen LogP contribution in [0.5, 0.6) is 0 Å². The molecule has 0 saturated carbocycles. The Morgan fingerprint density at radius 3 is 2.25 bits per heavy atom. The van der Waals surface area contributed by atoms with E-state index in [1.54, 1.807) is 12.1 Å². The van der Waals surface area contributed by atoms with Crippen LogP contribution in [0.15, 0.2) is 42.5 Å². The van der Waals surface area contributed by atoms with Crippen LogP contribution in [0, 0.1) is 11.6 Å². The van der Waals surface area contributed by atoms with Crippen molar-refractivity contribution in [3.8, 4) is 0 Å². The zero-order valence-electron chi connectivity index (χ0n) is 13.5. The number of anilines is 1. The lowest BCUT2D eigenvalue weighted by Crippen LogP contribution is -2.32. The number of hydrogen-bond donors (Lipinski definition) is 3. The lowest BCUT2D eigenvalue weighted by atomic mass is 10.0. The van der Waals surface area contributed by atoms with Crippen LogP contribution in [0.25, 0.3) is 0 Å². The second-order valence-corrected chi connectivity index (χ2v) is 5.80. The summed E-state index contributed by atoms with van der Waals surface area (Å²) in [4.78, 5) is 11.8. The number of carbonyl (C=O) groups is 1. The number of aliphatic hydroxyl groups excluding tert-OH is 1. The molecular formula is C18H20F2N2O2. The molecule has 0 saturated heterocycles. The van der Waals surface area contributed by atoms with Crippen molar-refractivity contribution >= 4 is 11.7 Å². The molecule has 0 aliphatic heterocycles. The third-order valence-corrected chi connectivity index (χ3v) is 3.62. The first kappa shape index (κ1) is 17.9. The zero-order valence-corrected chi connectivity index (χ0v) is 13.5. The van der Waals surface area contributed by atoms with Gasteiger partial charge in [0.15, 0.2) is 11.6 Å². The zero-order chi connectivity index (χ0) is 17.7. The largest absolute Gasteiger partial charge is 0.387 e. The fourth-order valence-electron chi connectivity index (χ4n) is 2.15. The molecule has 6 heteroatoms. The van der Waals surface area contributed by atoms with Gasteiger partial charge in [-0.3, -0.25) is 0 Å². The molecule has 2 aromatic carbocycles. The Morgan fingerprint density at radius 1 is 1.04 bits per heavy atom. The molecule has 2 rings (SSSR count). The molecule has 4 nitrogen and oxygen atoms in total. The van der Waals surface area contributed by atoms with Crippen LogP contribution in [-0.2, 0) is 0 Å². The second kappa shape index (κ2) is 7.88. The van der Waals surface area contributed by atoms with Crippen LogP contribution in [0.2, 0.25) is 0 Å². The molecule has 128 valence electrons. The smallest absolute Gasteiger partial charge is 0.319 e. The lowest BCUT2D eigenvalue weighted by molar-refractivity contribution is 0.174. The van der Waals surface area contributed by atoms with Gasteiger partial charge in [-0.05, 0) is 41.3 Å². The number of hydrogen-bond acceptors (Lipinski definition) is 2. The van der Waals surface area contributed by atoms with Gasteiger partial charge in [0, 0.05) is 12.2 Å². The minimum absolute atomic E-state index is 0.124. The molecule has 0 spiro atoms. The van der Waals surface area contributed by atoms with Gasteiger partial charge in [0.2, 0.25) is 0 Å². The Bertz CT molecular complexity index is 703. The number of halogens is 2. The average molecular weight is 334 g/mol. The number of amides is 2. The normalized spacial score (nSPS) is 12.1. The molecule has 2 aromatic rings. The first-order valence-electron chi connectivity index (χ1n) is 7.64. The molecule has 0 fully saturated rings. The molecule has 0 bridgehead atoms. The molecule has 0 aliphatic carbocycles. The number of rotatable bonds is 5. The first-order chi connectivity index (χ1) is 11.4. The molecule has 0 aliphatic rings. The van der Waals surface area contributed by atoms with Gasteiger partial charge in [-0.15, -0.1) is 0 Å². The van der Waals surface area contributed by atoms with Crippen LogP contribution in [0.4, 0.5) is 19.3 Å². The number of urea groups is 1. The molecular weight excluding hydrogens is 314 g/mol. The van der Waals surface area contributed by atoms with Crippen LogP contribution in [0.3, 0.4) is 0 Å². The molecule has 0 aromatic heterocycles. The monoisotopic (exact) mass is 334 g/mol. The fraction of sp³-hybridized carbons (Fsp3) is 0.278. The molecule has 0 radical (unpaired) electrons. The highest BCUT2D eigenvalue weighted by Gasteiger charge is 2.12. The number of benzene rings is 2. The average Bonchev–Trinajstić information content (AvgIpc) is 2.55. The van der Waals surface area contributed by atoms with Gasteiger partial charge < -0.3 is 15.7 Å². The quantitative estimate of drug-likeness (QED) is 0.775. The summed E-state index contributed by atoms with van der Waals surface area (Å²) >= 11 is 0. The maximum Gasteiger partial charge on any atom is 0.319 e. The summed E-state index contributed by atoms with van der Waals surface area (Å²) in [6.07, 6.45) is -1.13. The van der Waals surface area contributed by atoms with Crippen molar-refractivity contribution in [1.29, 1.82) is 0 Å². The summed E-state index contributed by atoms with van der Waals surface area (Å²) in [6, 6.07) is 10.1. The summed E-state index contributed by atoms with van der Waals surface area (Å²) in [5.74, 6) is -1.62. The van der Waals surface area contributed by atoms with Crippen molar-refractivity contribution in [3.63, 3.8) is 0 Å². The standard InChI is InChI=1S/C18H20F2N2O2/c1-11(2)12-3-6-14(7-4-12)22-18(24)21-10-17(23)13-5-8-15(19)16(20)9-13/h3-9,11,17,23H,10H2,1-2H3,(H2,21,22,24)/t17-/m0/s1. The highest BCUT2D eigenvalue weighted by molar-refractivity contribution is 5.89. The minimum atomic E-state index is -1.13. The van der Waals surface area contributed by atoms with Gasteiger partial charge in [-0.2, -0.15) is 0 Å². The lowest BCUT2D eigenvalue weighted by Gasteiger charge is -2.13. The van der Waals surface area contributed by atoms with E-state index in [1.165, 1.54) is 6.07 Å². The Morgan fingerprint density at radius 2 is 1.67 bits per heavy atom. The fourth-order valence-corrected chi connectivity index (χ4v) is 2.15. The summed E-state index contributed by atoms with van der Waals surface area (Å²) in [6.45, 7) is 4.03. The second-order valence-electron chi connectivity index (χ2n) is 5.80. The predicted molar refractivity (Wildman–Crippen MR) is 88.9 cm³/mol. The van der Waals surface area contributed by atoms with Gasteiger partial charge in [0.1, 0.15) is 0 Å². The highest BCUT2D eigenvalue weighted by Crippen LogP contribution is 2.18. The van der Waals surface area contributed by atoms with Crippen LogP contribution in [0.1, 0.15) is 37.0 Å². The van der Waals surface area contributed by atoms with Crippen LogP contribution >= 0.6 is 0 Å². The van der Waals surface area contributed by atoms with Crippen LogP contribution < -0.4 is 10.6 Å². The summed E-state index contributed by atoms with van der Waals surface area (Å²) in [5, 5.41) is 15.0. The molecule has 1 atom stereocenters. The predicted octanol–water partition coefficient (Wildman–Crippen LogP) is 3.94. The third kappa shape index (κ3) is 4.76. The number of aliphatic hydroxyl groups is 1. The summed E-state index contributed by atoms with van der Waals surface area (Å²) < 4.78 is 26.0. The van der Waals surface area contributed by atoms with Gasteiger partial charge >= 0.3 is 6.03 Å². The maximum atomic E-state index is 13.1. The van der Waals surface area contributed by atoms with E-state index in [0.29, 0.717) is 11.6 Å². The van der Waals surface area contributed by atoms with E-state index >= 15 is 0 Å². The van der Waals surface area contributed by atoms with E-state index < -0.39 is 23.8 Å². The summed E-state index contributed by atoms with van der Waals surface area (Å²) in [5.41, 5.74) is 1.98. The minimum Gasteiger partial charge on any atom is -0.387 e. The Labute approximate surface area is 139 Å². The van der Waals surface area contributed by atoms with Crippen molar-refractivity contribution in [2.45, 2.75) is 25.9 Å². The van der Waals surface area contributed by atoms with Gasteiger partial charge in [0.25, 0.3) is 0 Å². The van der Waals surface area contributed by atoms with Crippen LogP contribution in [-0.4, -0.2) is 17.7 Å².